The SMILES string of the molecule is Cc1ccccc1N(CCCC(=O)N(Cc1ccc(F)cc1)C(C)C(=O)NC(C)C)S(C)(=O)=O. The van der Waals surface area contributed by atoms with Crippen molar-refractivity contribution in [2.75, 3.05) is 17.1 Å². The van der Waals surface area contributed by atoms with Gasteiger partial charge in [0, 0.05) is 25.6 Å². The van der Waals surface area contributed by atoms with Crippen molar-refractivity contribution in [3.63, 3.8) is 0 Å². The number of carbonyl (C=O) groups is 2. The minimum Gasteiger partial charge on any atom is -0.352 e. The minimum atomic E-state index is -3.55. The van der Waals surface area contributed by atoms with Crippen LogP contribution in [0.15, 0.2) is 48.5 Å². The highest BCUT2D eigenvalue weighted by atomic mass is 32.2. The van der Waals surface area contributed by atoms with Crippen molar-refractivity contribution in [2.45, 2.75) is 59.2 Å². The number of hydrogen-bond donors (Lipinski definition) is 1. The predicted molar refractivity (Wildman–Crippen MR) is 132 cm³/mol. The number of halogens is 1. The molecule has 0 heterocycles. The van der Waals surface area contributed by atoms with Gasteiger partial charge in [0.1, 0.15) is 11.9 Å². The van der Waals surface area contributed by atoms with E-state index in [4.69, 9.17) is 0 Å². The van der Waals surface area contributed by atoms with Crippen molar-refractivity contribution in [3.8, 4) is 0 Å². The molecule has 0 fully saturated rings. The number of aryl methyl sites for hydroxylation is 1. The van der Waals surface area contributed by atoms with Gasteiger partial charge in [-0.25, -0.2) is 12.8 Å². The Morgan fingerprint density at radius 2 is 1.65 bits per heavy atom. The van der Waals surface area contributed by atoms with Crippen LogP contribution in [0.4, 0.5) is 10.1 Å². The summed E-state index contributed by atoms with van der Waals surface area (Å²) in [7, 11) is -3.55. The van der Waals surface area contributed by atoms with Gasteiger partial charge in [0.15, 0.2) is 0 Å². The average Bonchev–Trinajstić information content (AvgIpc) is 2.75. The lowest BCUT2D eigenvalue weighted by atomic mass is 10.1. The number of amides is 2. The molecular formula is C25H34FN3O4S. The topological polar surface area (TPSA) is 86.8 Å². The molecule has 1 unspecified atom stereocenters. The van der Waals surface area contributed by atoms with Gasteiger partial charge in [0.25, 0.3) is 0 Å². The van der Waals surface area contributed by atoms with Crippen LogP contribution in [0.1, 0.15) is 44.7 Å². The molecule has 2 aromatic carbocycles. The molecule has 0 saturated heterocycles. The molecule has 1 N–H and O–H groups in total. The van der Waals surface area contributed by atoms with E-state index in [1.165, 1.54) is 21.3 Å². The molecular weight excluding hydrogens is 457 g/mol. The Bertz CT molecular complexity index is 1090. The van der Waals surface area contributed by atoms with Gasteiger partial charge < -0.3 is 10.2 Å². The summed E-state index contributed by atoms with van der Waals surface area (Å²) >= 11 is 0. The highest BCUT2D eigenvalue weighted by Gasteiger charge is 2.27. The van der Waals surface area contributed by atoms with Gasteiger partial charge in [-0.1, -0.05) is 30.3 Å². The lowest BCUT2D eigenvalue weighted by Gasteiger charge is -2.30. The number of benzene rings is 2. The average molecular weight is 492 g/mol. The second kappa shape index (κ2) is 12.0. The molecule has 0 spiro atoms. The fraction of sp³-hybridized carbons (Fsp3) is 0.440. The monoisotopic (exact) mass is 491 g/mol. The minimum absolute atomic E-state index is 0.0540. The van der Waals surface area contributed by atoms with E-state index in [0.717, 1.165) is 11.8 Å². The molecule has 0 radical (unpaired) electrons. The van der Waals surface area contributed by atoms with Gasteiger partial charge in [-0.3, -0.25) is 13.9 Å². The molecule has 0 aromatic heterocycles. The van der Waals surface area contributed by atoms with E-state index >= 15 is 0 Å². The standard InChI is InChI=1S/C25H34FN3O4S/c1-18(2)27-25(31)20(4)28(17-21-12-14-22(26)15-13-21)24(30)11-8-16-29(34(5,32)33)23-10-7-6-9-19(23)3/h6-7,9-10,12-15,18,20H,8,11,16-17H2,1-5H3,(H,27,31). The zero-order valence-electron chi connectivity index (χ0n) is 20.4. The Labute approximate surface area is 202 Å². The van der Waals surface area contributed by atoms with Crippen molar-refractivity contribution in [2.24, 2.45) is 0 Å². The number of para-hydroxylation sites is 1. The summed E-state index contributed by atoms with van der Waals surface area (Å²) in [4.78, 5) is 27.3. The zero-order chi connectivity index (χ0) is 25.5. The molecule has 34 heavy (non-hydrogen) atoms. The van der Waals surface area contributed by atoms with Gasteiger partial charge in [0.05, 0.1) is 11.9 Å². The summed E-state index contributed by atoms with van der Waals surface area (Å²) in [5.41, 5.74) is 2.08. The van der Waals surface area contributed by atoms with Crippen LogP contribution in [0.5, 0.6) is 0 Å². The normalized spacial score (nSPS) is 12.3. The summed E-state index contributed by atoms with van der Waals surface area (Å²) in [6.45, 7) is 7.42. The number of hydrogen-bond acceptors (Lipinski definition) is 4. The van der Waals surface area contributed by atoms with Crippen molar-refractivity contribution in [1.29, 1.82) is 0 Å². The molecule has 0 bridgehead atoms. The van der Waals surface area contributed by atoms with Crippen LogP contribution < -0.4 is 9.62 Å². The van der Waals surface area contributed by atoms with E-state index in [9.17, 15) is 22.4 Å². The van der Waals surface area contributed by atoms with E-state index in [1.54, 1.807) is 31.2 Å². The van der Waals surface area contributed by atoms with E-state index < -0.39 is 16.1 Å². The molecule has 2 aromatic rings. The quantitative estimate of drug-likeness (QED) is 0.520. The number of carbonyl (C=O) groups excluding carboxylic acids is 2. The fourth-order valence-corrected chi connectivity index (χ4v) is 4.62. The van der Waals surface area contributed by atoms with Gasteiger partial charge in [0.2, 0.25) is 21.8 Å². The maximum atomic E-state index is 13.3. The van der Waals surface area contributed by atoms with Gasteiger partial charge >= 0.3 is 0 Å². The molecule has 7 nitrogen and oxygen atoms in total. The summed E-state index contributed by atoms with van der Waals surface area (Å²) in [6, 6.07) is 12.1. The second-order valence-electron chi connectivity index (χ2n) is 8.71. The largest absolute Gasteiger partial charge is 0.352 e. The lowest BCUT2D eigenvalue weighted by molar-refractivity contribution is -0.140. The van der Waals surface area contributed by atoms with Crippen LogP contribution in [-0.4, -0.2) is 50.0 Å². The summed E-state index contributed by atoms with van der Waals surface area (Å²) in [5, 5.41) is 2.81. The van der Waals surface area contributed by atoms with Crippen molar-refractivity contribution < 1.29 is 22.4 Å². The second-order valence-corrected chi connectivity index (χ2v) is 10.6. The Kier molecular flexibility index (Phi) is 9.61. The first-order valence-electron chi connectivity index (χ1n) is 11.3. The fourth-order valence-electron chi connectivity index (χ4n) is 3.60. The van der Waals surface area contributed by atoms with E-state index in [-0.39, 0.29) is 49.6 Å². The van der Waals surface area contributed by atoms with Gasteiger partial charge in [-0.2, -0.15) is 0 Å². The molecule has 9 heteroatoms. The molecule has 0 aliphatic carbocycles. The third-order valence-electron chi connectivity index (χ3n) is 5.40. The number of rotatable bonds is 11. The molecule has 0 aliphatic rings. The smallest absolute Gasteiger partial charge is 0.242 e. The summed E-state index contributed by atoms with van der Waals surface area (Å²) in [6.07, 6.45) is 1.47. The highest BCUT2D eigenvalue weighted by Crippen LogP contribution is 2.23. The van der Waals surface area contributed by atoms with Crippen molar-refractivity contribution in [3.05, 3.63) is 65.5 Å². The summed E-state index contributed by atoms with van der Waals surface area (Å²) in [5.74, 6) is -0.957. The molecule has 2 amide bonds. The molecule has 0 saturated carbocycles. The first-order valence-corrected chi connectivity index (χ1v) is 13.1. The van der Waals surface area contributed by atoms with E-state index in [0.29, 0.717) is 11.3 Å². The Morgan fingerprint density at radius 1 is 1.03 bits per heavy atom. The van der Waals surface area contributed by atoms with Gasteiger partial charge in [-0.15, -0.1) is 0 Å². The third kappa shape index (κ3) is 7.83. The van der Waals surface area contributed by atoms with E-state index in [1.807, 2.05) is 32.9 Å². The molecule has 0 aliphatic heterocycles. The lowest BCUT2D eigenvalue weighted by Crippen LogP contribution is -2.49. The van der Waals surface area contributed by atoms with Crippen molar-refractivity contribution >= 4 is 27.5 Å². The Hall–Kier alpha value is -2.94. The van der Waals surface area contributed by atoms with Gasteiger partial charge in [-0.05, 0) is 63.4 Å². The van der Waals surface area contributed by atoms with Crippen LogP contribution in [0.3, 0.4) is 0 Å². The maximum absolute atomic E-state index is 13.3. The number of sulfonamides is 1. The number of anilines is 1. The molecule has 186 valence electrons. The summed E-state index contributed by atoms with van der Waals surface area (Å²) < 4.78 is 39.4. The van der Waals surface area contributed by atoms with Crippen LogP contribution in [0, 0.1) is 12.7 Å². The van der Waals surface area contributed by atoms with Crippen molar-refractivity contribution in [1.82, 2.24) is 10.2 Å². The Balaban J connectivity index is 2.17. The van der Waals surface area contributed by atoms with Crippen LogP contribution in [-0.2, 0) is 26.2 Å². The molecule has 1 atom stereocenters. The first-order chi connectivity index (χ1) is 15.9. The third-order valence-corrected chi connectivity index (χ3v) is 6.58. The zero-order valence-corrected chi connectivity index (χ0v) is 21.2. The predicted octanol–water partition coefficient (Wildman–Crippen LogP) is 3.62. The first kappa shape index (κ1) is 27.3. The number of nitrogens with one attached hydrogen (secondary N) is 1. The van der Waals surface area contributed by atoms with Crippen LogP contribution >= 0.6 is 0 Å². The Morgan fingerprint density at radius 3 is 2.21 bits per heavy atom. The highest BCUT2D eigenvalue weighted by molar-refractivity contribution is 7.92. The molecule has 2 rings (SSSR count). The van der Waals surface area contributed by atoms with Crippen LogP contribution in [0.25, 0.3) is 0 Å². The maximum Gasteiger partial charge on any atom is 0.242 e. The number of nitrogens with zero attached hydrogens (tertiary/aromatic N) is 2. The van der Waals surface area contributed by atoms with Crippen LogP contribution in [0.2, 0.25) is 0 Å². The van der Waals surface area contributed by atoms with E-state index in [2.05, 4.69) is 5.32 Å².